The lowest BCUT2D eigenvalue weighted by molar-refractivity contribution is 0.134. The van der Waals surface area contributed by atoms with E-state index < -0.39 is 0 Å². The van der Waals surface area contributed by atoms with Crippen LogP contribution in [0.25, 0.3) is 0 Å². The average molecular weight is 292 g/mol. The fourth-order valence-electron chi connectivity index (χ4n) is 2.21. The maximum absolute atomic E-state index is 5.74. The van der Waals surface area contributed by atoms with Crippen LogP contribution < -0.4 is 9.47 Å². The standard InChI is InChI=1S/C16H24N2O3/c1-18(2)9-5-11-21-17-15-6-4-10-20-16-8-7-13(19-3)12-14(15)16/h7-8,12H,4-6,9-11H2,1-3H3/b17-15+. The van der Waals surface area contributed by atoms with Crippen LogP contribution in [-0.4, -0.2) is 51.6 Å². The molecule has 0 amide bonds. The van der Waals surface area contributed by atoms with Crippen molar-refractivity contribution in [3.63, 3.8) is 0 Å². The third kappa shape index (κ3) is 4.63. The second-order valence-corrected chi connectivity index (χ2v) is 5.34. The van der Waals surface area contributed by atoms with Crippen LogP contribution in [0.4, 0.5) is 0 Å². The monoisotopic (exact) mass is 292 g/mol. The highest BCUT2D eigenvalue weighted by molar-refractivity contribution is 6.03. The minimum Gasteiger partial charge on any atom is -0.497 e. The van der Waals surface area contributed by atoms with E-state index in [9.17, 15) is 0 Å². The SMILES string of the molecule is COc1ccc2c(c1)/C(=N/OCCCN(C)C)CCCO2. The number of rotatable bonds is 6. The first-order chi connectivity index (χ1) is 10.2. The maximum Gasteiger partial charge on any atom is 0.128 e. The molecule has 0 aliphatic carbocycles. The third-order valence-corrected chi connectivity index (χ3v) is 3.33. The molecule has 0 spiro atoms. The Morgan fingerprint density at radius 1 is 1.33 bits per heavy atom. The zero-order chi connectivity index (χ0) is 15.1. The van der Waals surface area contributed by atoms with Crippen molar-refractivity contribution in [3.8, 4) is 11.5 Å². The van der Waals surface area contributed by atoms with Gasteiger partial charge in [-0.05, 0) is 51.6 Å². The van der Waals surface area contributed by atoms with E-state index in [0.29, 0.717) is 13.2 Å². The number of ether oxygens (including phenoxy) is 2. The molecular weight excluding hydrogens is 268 g/mol. The van der Waals surface area contributed by atoms with Crippen LogP contribution in [0.2, 0.25) is 0 Å². The Hall–Kier alpha value is -1.75. The molecule has 0 saturated heterocycles. The highest BCUT2D eigenvalue weighted by Crippen LogP contribution is 2.28. The molecule has 5 nitrogen and oxygen atoms in total. The van der Waals surface area contributed by atoms with Gasteiger partial charge in [0.1, 0.15) is 18.1 Å². The average Bonchev–Trinajstić information content (AvgIpc) is 2.68. The summed E-state index contributed by atoms with van der Waals surface area (Å²) in [5, 5.41) is 4.32. The molecule has 0 radical (unpaired) electrons. The van der Waals surface area contributed by atoms with E-state index >= 15 is 0 Å². The van der Waals surface area contributed by atoms with Gasteiger partial charge in [-0.15, -0.1) is 0 Å². The number of hydrogen-bond donors (Lipinski definition) is 0. The molecule has 1 aromatic carbocycles. The predicted octanol–water partition coefficient (Wildman–Crippen LogP) is 2.54. The van der Waals surface area contributed by atoms with Crippen LogP contribution in [0.5, 0.6) is 11.5 Å². The van der Waals surface area contributed by atoms with Crippen LogP contribution in [-0.2, 0) is 4.84 Å². The van der Waals surface area contributed by atoms with Crippen molar-refractivity contribution in [1.82, 2.24) is 4.90 Å². The number of oxime groups is 1. The summed E-state index contributed by atoms with van der Waals surface area (Å²) >= 11 is 0. The number of fused-ring (bicyclic) bond motifs is 1. The van der Waals surface area contributed by atoms with Gasteiger partial charge in [-0.3, -0.25) is 0 Å². The molecule has 0 bridgehead atoms. The van der Waals surface area contributed by atoms with E-state index in [1.807, 2.05) is 18.2 Å². The second-order valence-electron chi connectivity index (χ2n) is 5.34. The van der Waals surface area contributed by atoms with Crippen molar-refractivity contribution in [2.45, 2.75) is 19.3 Å². The molecule has 0 aromatic heterocycles. The van der Waals surface area contributed by atoms with E-state index in [4.69, 9.17) is 14.3 Å². The predicted molar refractivity (Wildman–Crippen MR) is 83.4 cm³/mol. The van der Waals surface area contributed by atoms with Gasteiger partial charge in [-0.2, -0.15) is 0 Å². The Balaban J connectivity index is 2.05. The molecule has 1 aliphatic rings. The van der Waals surface area contributed by atoms with Crippen molar-refractivity contribution in [2.75, 3.05) is 41.0 Å². The minimum absolute atomic E-state index is 0.627. The summed E-state index contributed by atoms with van der Waals surface area (Å²) < 4.78 is 11.0. The lowest BCUT2D eigenvalue weighted by Gasteiger charge is -2.10. The Kier molecular flexibility index (Phi) is 5.87. The van der Waals surface area contributed by atoms with Crippen molar-refractivity contribution in [2.24, 2.45) is 5.16 Å². The molecule has 21 heavy (non-hydrogen) atoms. The van der Waals surface area contributed by atoms with E-state index in [-0.39, 0.29) is 0 Å². The smallest absolute Gasteiger partial charge is 0.128 e. The Labute approximate surface area is 126 Å². The Morgan fingerprint density at radius 2 is 2.19 bits per heavy atom. The van der Waals surface area contributed by atoms with Gasteiger partial charge in [0.25, 0.3) is 0 Å². The summed E-state index contributed by atoms with van der Waals surface area (Å²) in [6, 6.07) is 5.80. The maximum atomic E-state index is 5.74. The van der Waals surface area contributed by atoms with E-state index in [1.54, 1.807) is 7.11 Å². The molecule has 0 unspecified atom stereocenters. The minimum atomic E-state index is 0.627. The number of methoxy groups -OCH3 is 1. The zero-order valence-electron chi connectivity index (χ0n) is 13.1. The summed E-state index contributed by atoms with van der Waals surface area (Å²) in [7, 11) is 5.77. The fraction of sp³-hybridized carbons (Fsp3) is 0.562. The molecule has 2 rings (SSSR count). The van der Waals surface area contributed by atoms with Crippen molar-refractivity contribution < 1.29 is 14.3 Å². The Bertz CT molecular complexity index is 486. The molecule has 116 valence electrons. The highest BCUT2D eigenvalue weighted by Gasteiger charge is 2.16. The van der Waals surface area contributed by atoms with Crippen molar-refractivity contribution in [3.05, 3.63) is 23.8 Å². The van der Waals surface area contributed by atoms with Crippen LogP contribution in [0.1, 0.15) is 24.8 Å². The lowest BCUT2D eigenvalue weighted by Crippen LogP contribution is -2.14. The van der Waals surface area contributed by atoms with Gasteiger partial charge < -0.3 is 19.2 Å². The van der Waals surface area contributed by atoms with Crippen molar-refractivity contribution in [1.29, 1.82) is 0 Å². The Morgan fingerprint density at radius 3 is 2.95 bits per heavy atom. The van der Waals surface area contributed by atoms with E-state index in [1.165, 1.54) is 0 Å². The molecular formula is C16H24N2O3. The first-order valence-electron chi connectivity index (χ1n) is 7.35. The van der Waals surface area contributed by atoms with Gasteiger partial charge in [0.15, 0.2) is 0 Å². The van der Waals surface area contributed by atoms with Crippen LogP contribution in [0.3, 0.4) is 0 Å². The normalized spacial score (nSPS) is 16.3. The van der Waals surface area contributed by atoms with Crippen LogP contribution in [0, 0.1) is 0 Å². The molecule has 0 fully saturated rings. The molecule has 1 aromatic rings. The summed E-state index contributed by atoms with van der Waals surface area (Å²) in [5.74, 6) is 1.66. The van der Waals surface area contributed by atoms with Gasteiger partial charge in [0, 0.05) is 12.1 Å². The van der Waals surface area contributed by atoms with Crippen molar-refractivity contribution >= 4 is 5.71 Å². The van der Waals surface area contributed by atoms with Gasteiger partial charge in [0.05, 0.1) is 19.4 Å². The number of nitrogens with zero attached hydrogens (tertiary/aromatic N) is 2. The largest absolute Gasteiger partial charge is 0.497 e. The number of benzene rings is 1. The molecule has 1 heterocycles. The van der Waals surface area contributed by atoms with Crippen LogP contribution >= 0.6 is 0 Å². The topological polar surface area (TPSA) is 43.3 Å². The highest BCUT2D eigenvalue weighted by atomic mass is 16.6. The zero-order valence-corrected chi connectivity index (χ0v) is 13.1. The third-order valence-electron chi connectivity index (χ3n) is 3.33. The van der Waals surface area contributed by atoms with Gasteiger partial charge in [-0.25, -0.2) is 0 Å². The van der Waals surface area contributed by atoms with Gasteiger partial charge >= 0.3 is 0 Å². The summed E-state index contributed by atoms with van der Waals surface area (Å²) in [6.07, 6.45) is 2.76. The quantitative estimate of drug-likeness (QED) is 0.597. The summed E-state index contributed by atoms with van der Waals surface area (Å²) in [4.78, 5) is 7.61. The van der Waals surface area contributed by atoms with Crippen LogP contribution in [0.15, 0.2) is 23.4 Å². The molecule has 0 N–H and O–H groups in total. The first kappa shape index (κ1) is 15.6. The fourth-order valence-corrected chi connectivity index (χ4v) is 2.21. The molecule has 5 heteroatoms. The first-order valence-corrected chi connectivity index (χ1v) is 7.35. The number of hydrogen-bond acceptors (Lipinski definition) is 5. The molecule has 1 aliphatic heterocycles. The summed E-state index contributed by atoms with van der Waals surface area (Å²) in [6.45, 7) is 2.33. The summed E-state index contributed by atoms with van der Waals surface area (Å²) in [5.41, 5.74) is 1.91. The van der Waals surface area contributed by atoms with E-state index in [2.05, 4.69) is 24.2 Å². The van der Waals surface area contributed by atoms with Gasteiger partial charge in [-0.1, -0.05) is 5.16 Å². The second kappa shape index (κ2) is 7.88. The lowest BCUT2D eigenvalue weighted by atomic mass is 10.1. The van der Waals surface area contributed by atoms with E-state index in [0.717, 1.165) is 48.6 Å². The van der Waals surface area contributed by atoms with Gasteiger partial charge in [0.2, 0.25) is 0 Å². The molecule has 0 saturated carbocycles. The molecule has 0 atom stereocenters.